The summed E-state index contributed by atoms with van der Waals surface area (Å²) >= 11 is 0. The van der Waals surface area contributed by atoms with Gasteiger partial charge in [0.2, 0.25) is 0 Å². The molecule has 2 heteroatoms. The molecule has 0 aromatic heterocycles. The number of nitrogens with zero attached hydrogens (tertiary/aromatic N) is 1. The van der Waals surface area contributed by atoms with Crippen molar-refractivity contribution >= 4 is 0 Å². The summed E-state index contributed by atoms with van der Waals surface area (Å²) in [5.74, 6) is 0.750. The van der Waals surface area contributed by atoms with Crippen LogP contribution in [0.3, 0.4) is 0 Å². The van der Waals surface area contributed by atoms with Gasteiger partial charge in [-0.2, -0.15) is 5.26 Å². The summed E-state index contributed by atoms with van der Waals surface area (Å²) in [4.78, 5) is 0. The highest BCUT2D eigenvalue weighted by molar-refractivity contribution is 4.81. The van der Waals surface area contributed by atoms with E-state index in [1.54, 1.807) is 0 Å². The first-order valence-corrected chi connectivity index (χ1v) is 3.99. The lowest BCUT2D eigenvalue weighted by atomic mass is 10.0. The molecule has 0 heterocycles. The Morgan fingerprint density at radius 1 is 1.50 bits per heavy atom. The van der Waals surface area contributed by atoms with Crippen molar-refractivity contribution in [2.24, 2.45) is 5.92 Å². The maximum Gasteiger partial charge on any atom is 0.176 e. The fraction of sp³-hybridized carbons (Fsp3) is 0.875. The first-order valence-electron chi connectivity index (χ1n) is 3.99. The molecule has 1 rings (SSSR count). The van der Waals surface area contributed by atoms with Gasteiger partial charge in [0.25, 0.3) is 0 Å². The van der Waals surface area contributed by atoms with Gasteiger partial charge in [0.05, 0.1) is 0 Å². The summed E-state index contributed by atoms with van der Waals surface area (Å²) in [5, 5.41) is 11.1. The highest BCUT2D eigenvalue weighted by Gasteiger charge is 2.20. The van der Waals surface area contributed by atoms with Crippen LogP contribution >= 0.6 is 0 Å². The molecular formula is C8H14N2. The molecule has 0 aromatic carbocycles. The van der Waals surface area contributed by atoms with Gasteiger partial charge in [-0.25, -0.2) is 0 Å². The number of rotatable bonds is 2. The molecule has 1 saturated carbocycles. The molecule has 1 fully saturated rings. The Hall–Kier alpha value is -0.710. The largest absolute Gasteiger partial charge is 0.321 e. The van der Waals surface area contributed by atoms with Crippen molar-refractivity contribution < 1.29 is 0 Å². The van der Waals surface area contributed by atoms with E-state index < -0.39 is 0 Å². The number of nitrogens with one attached hydrogen (secondary N) is 1. The van der Waals surface area contributed by atoms with E-state index in [1.807, 2.05) is 6.19 Å². The standard InChI is InChI=1S/C8H14N2/c1-7(10-6-9)8-4-2-3-5-8/h7-8,10H,2-5H2,1H3/t7-/m1/s1. The summed E-state index contributed by atoms with van der Waals surface area (Å²) in [5.41, 5.74) is 0. The normalized spacial score (nSPS) is 22.0. The van der Waals surface area contributed by atoms with Gasteiger partial charge < -0.3 is 5.32 Å². The van der Waals surface area contributed by atoms with Crippen LogP contribution in [-0.4, -0.2) is 6.04 Å². The molecule has 10 heavy (non-hydrogen) atoms. The topological polar surface area (TPSA) is 35.8 Å². The van der Waals surface area contributed by atoms with Crippen LogP contribution < -0.4 is 5.32 Å². The zero-order valence-corrected chi connectivity index (χ0v) is 6.43. The lowest BCUT2D eigenvalue weighted by molar-refractivity contribution is 0.420. The number of hydrogen-bond acceptors (Lipinski definition) is 2. The molecular weight excluding hydrogens is 124 g/mol. The van der Waals surface area contributed by atoms with Gasteiger partial charge in [-0.3, -0.25) is 0 Å². The van der Waals surface area contributed by atoms with Crippen LogP contribution in [0, 0.1) is 17.4 Å². The monoisotopic (exact) mass is 138 g/mol. The second-order valence-corrected chi connectivity index (χ2v) is 3.09. The van der Waals surface area contributed by atoms with E-state index in [0.29, 0.717) is 6.04 Å². The van der Waals surface area contributed by atoms with Gasteiger partial charge in [-0.15, -0.1) is 0 Å². The molecule has 0 saturated heterocycles. The Morgan fingerprint density at radius 2 is 2.10 bits per heavy atom. The second-order valence-electron chi connectivity index (χ2n) is 3.09. The molecule has 2 nitrogen and oxygen atoms in total. The van der Waals surface area contributed by atoms with Crippen molar-refractivity contribution in [3.63, 3.8) is 0 Å². The average Bonchev–Trinajstić information content (AvgIpc) is 2.38. The minimum atomic E-state index is 0.396. The lowest BCUT2D eigenvalue weighted by Gasteiger charge is -2.15. The third-order valence-electron chi connectivity index (χ3n) is 2.40. The lowest BCUT2D eigenvalue weighted by Crippen LogP contribution is -2.28. The van der Waals surface area contributed by atoms with Gasteiger partial charge in [0, 0.05) is 6.04 Å². The van der Waals surface area contributed by atoms with Crippen molar-refractivity contribution in [1.29, 1.82) is 5.26 Å². The molecule has 0 bridgehead atoms. The third kappa shape index (κ3) is 1.63. The van der Waals surface area contributed by atoms with Gasteiger partial charge in [-0.05, 0) is 25.7 Å². The molecule has 56 valence electrons. The molecule has 0 unspecified atom stereocenters. The molecule has 1 aliphatic carbocycles. The Labute approximate surface area is 62.2 Å². The van der Waals surface area contributed by atoms with Crippen molar-refractivity contribution in [3.8, 4) is 6.19 Å². The highest BCUT2D eigenvalue weighted by Crippen LogP contribution is 2.27. The smallest absolute Gasteiger partial charge is 0.176 e. The molecule has 0 radical (unpaired) electrons. The van der Waals surface area contributed by atoms with Crippen molar-refractivity contribution in [2.75, 3.05) is 0 Å². The van der Waals surface area contributed by atoms with E-state index >= 15 is 0 Å². The van der Waals surface area contributed by atoms with Crippen LogP contribution in [0.1, 0.15) is 32.6 Å². The predicted octanol–water partition coefficient (Wildman–Crippen LogP) is 1.64. The fourth-order valence-corrected chi connectivity index (χ4v) is 1.68. The zero-order chi connectivity index (χ0) is 7.40. The van der Waals surface area contributed by atoms with E-state index in [9.17, 15) is 0 Å². The van der Waals surface area contributed by atoms with Crippen LogP contribution in [0.2, 0.25) is 0 Å². The Morgan fingerprint density at radius 3 is 2.60 bits per heavy atom. The molecule has 0 spiro atoms. The quantitative estimate of drug-likeness (QED) is 0.465. The summed E-state index contributed by atoms with van der Waals surface area (Å²) in [7, 11) is 0. The summed E-state index contributed by atoms with van der Waals surface area (Å²) in [6, 6.07) is 0.396. The molecule has 0 amide bonds. The fourth-order valence-electron chi connectivity index (χ4n) is 1.68. The van der Waals surface area contributed by atoms with Crippen molar-refractivity contribution in [1.82, 2.24) is 5.32 Å². The van der Waals surface area contributed by atoms with E-state index in [4.69, 9.17) is 5.26 Å². The SMILES string of the molecule is C[C@@H](NC#N)C1CCCC1. The first-order chi connectivity index (χ1) is 4.84. The van der Waals surface area contributed by atoms with Gasteiger partial charge >= 0.3 is 0 Å². The van der Waals surface area contributed by atoms with Crippen LogP contribution in [-0.2, 0) is 0 Å². The van der Waals surface area contributed by atoms with Gasteiger partial charge in [0.15, 0.2) is 6.19 Å². The summed E-state index contributed by atoms with van der Waals surface area (Å²) < 4.78 is 0. The zero-order valence-electron chi connectivity index (χ0n) is 6.43. The van der Waals surface area contributed by atoms with Gasteiger partial charge in [0.1, 0.15) is 0 Å². The summed E-state index contributed by atoms with van der Waals surface area (Å²) in [6.45, 7) is 2.10. The number of hydrogen-bond donors (Lipinski definition) is 1. The van der Waals surface area contributed by atoms with Crippen molar-refractivity contribution in [3.05, 3.63) is 0 Å². The maximum absolute atomic E-state index is 8.34. The van der Waals surface area contributed by atoms with E-state index in [-0.39, 0.29) is 0 Å². The third-order valence-corrected chi connectivity index (χ3v) is 2.40. The minimum Gasteiger partial charge on any atom is -0.321 e. The molecule has 0 aliphatic heterocycles. The highest BCUT2D eigenvalue weighted by atomic mass is 14.9. The average molecular weight is 138 g/mol. The van der Waals surface area contributed by atoms with E-state index in [2.05, 4.69) is 12.2 Å². The van der Waals surface area contributed by atoms with E-state index in [1.165, 1.54) is 25.7 Å². The second kappa shape index (κ2) is 3.46. The van der Waals surface area contributed by atoms with Crippen molar-refractivity contribution in [2.45, 2.75) is 38.6 Å². The Bertz CT molecular complexity index is 131. The van der Waals surface area contributed by atoms with E-state index in [0.717, 1.165) is 5.92 Å². The Balaban J connectivity index is 2.26. The van der Waals surface area contributed by atoms with Crippen LogP contribution in [0.25, 0.3) is 0 Å². The summed E-state index contributed by atoms with van der Waals surface area (Å²) in [6.07, 6.45) is 7.30. The van der Waals surface area contributed by atoms with Crippen LogP contribution in [0.5, 0.6) is 0 Å². The van der Waals surface area contributed by atoms with Crippen LogP contribution in [0.4, 0.5) is 0 Å². The molecule has 0 aromatic rings. The molecule has 1 N–H and O–H groups in total. The van der Waals surface area contributed by atoms with Crippen LogP contribution in [0.15, 0.2) is 0 Å². The van der Waals surface area contributed by atoms with Gasteiger partial charge in [-0.1, -0.05) is 12.8 Å². The molecule has 1 atom stereocenters. The molecule has 1 aliphatic rings. The Kier molecular flexibility index (Phi) is 2.56. The minimum absolute atomic E-state index is 0.396. The predicted molar refractivity (Wildman–Crippen MR) is 40.2 cm³/mol. The maximum atomic E-state index is 8.34. The number of nitriles is 1. The first kappa shape index (κ1) is 7.40.